The van der Waals surface area contributed by atoms with Crippen LogP contribution in [-0.4, -0.2) is 21.4 Å². The second kappa shape index (κ2) is 5.74. The largest absolute Gasteiger partial charge is 0.360 e. The van der Waals surface area contributed by atoms with E-state index in [0.717, 1.165) is 23.9 Å². The van der Waals surface area contributed by atoms with E-state index in [1.165, 1.54) is 17.5 Å². The summed E-state index contributed by atoms with van der Waals surface area (Å²) >= 11 is 1.83. The van der Waals surface area contributed by atoms with E-state index in [4.69, 9.17) is 4.99 Å². The summed E-state index contributed by atoms with van der Waals surface area (Å²) in [6, 6.07) is 2.05. The van der Waals surface area contributed by atoms with Gasteiger partial charge >= 0.3 is 0 Å². The van der Waals surface area contributed by atoms with Crippen molar-refractivity contribution in [1.82, 2.24) is 10.3 Å². The zero-order valence-corrected chi connectivity index (χ0v) is 12.2. The molecular weight excluding hydrogens is 242 g/mol. The van der Waals surface area contributed by atoms with E-state index in [9.17, 15) is 0 Å². The number of pyridine rings is 1. The highest BCUT2D eigenvalue weighted by molar-refractivity contribution is 8.13. The molecule has 1 fully saturated rings. The molecule has 98 valence electrons. The van der Waals surface area contributed by atoms with Crippen molar-refractivity contribution >= 4 is 16.9 Å². The van der Waals surface area contributed by atoms with Crippen LogP contribution in [0.1, 0.15) is 37.8 Å². The van der Waals surface area contributed by atoms with E-state index < -0.39 is 0 Å². The van der Waals surface area contributed by atoms with Crippen LogP contribution >= 0.6 is 11.8 Å². The molecule has 0 spiro atoms. The number of nitrogens with one attached hydrogen (secondary N) is 1. The quantitative estimate of drug-likeness (QED) is 0.910. The number of aliphatic imine (C=N–C) groups is 1. The summed E-state index contributed by atoms with van der Waals surface area (Å²) < 4.78 is 0. The highest BCUT2D eigenvalue weighted by Crippen LogP contribution is 2.25. The Morgan fingerprint density at radius 3 is 3.11 bits per heavy atom. The Kier molecular flexibility index (Phi) is 4.27. The summed E-state index contributed by atoms with van der Waals surface area (Å²) in [6.45, 7) is 7.33. The molecule has 1 atom stereocenters. The minimum atomic E-state index is 0.220. The Morgan fingerprint density at radius 1 is 1.56 bits per heavy atom. The minimum Gasteiger partial charge on any atom is -0.360 e. The third-order valence-corrected chi connectivity index (χ3v) is 4.52. The van der Waals surface area contributed by atoms with E-state index in [2.05, 4.69) is 31.1 Å². The van der Waals surface area contributed by atoms with Crippen molar-refractivity contribution in [2.24, 2.45) is 4.99 Å². The van der Waals surface area contributed by atoms with Gasteiger partial charge in [-0.1, -0.05) is 18.7 Å². The van der Waals surface area contributed by atoms with Gasteiger partial charge in [-0.15, -0.1) is 0 Å². The molecule has 2 rings (SSSR count). The minimum absolute atomic E-state index is 0.220. The highest BCUT2D eigenvalue weighted by atomic mass is 32.2. The fourth-order valence-corrected chi connectivity index (χ4v) is 3.14. The molecule has 1 aromatic rings. The average molecular weight is 263 g/mol. The SMILES string of the molecule is CCC1(C)CCSC(=NCc2ccncc2C)N1. The van der Waals surface area contributed by atoms with Crippen LogP contribution < -0.4 is 5.32 Å². The van der Waals surface area contributed by atoms with Gasteiger partial charge in [-0.2, -0.15) is 0 Å². The molecule has 0 amide bonds. The first-order valence-electron chi connectivity index (χ1n) is 6.48. The molecule has 2 heterocycles. The molecule has 1 unspecified atom stereocenters. The number of thioether (sulfide) groups is 1. The third kappa shape index (κ3) is 3.25. The van der Waals surface area contributed by atoms with Crippen LogP contribution in [0.15, 0.2) is 23.5 Å². The van der Waals surface area contributed by atoms with Gasteiger partial charge in [0.15, 0.2) is 5.17 Å². The molecule has 4 heteroatoms. The lowest BCUT2D eigenvalue weighted by Gasteiger charge is -2.35. The van der Waals surface area contributed by atoms with Crippen LogP contribution in [0.3, 0.4) is 0 Å². The summed E-state index contributed by atoms with van der Waals surface area (Å²) in [6.07, 6.45) is 6.08. The van der Waals surface area contributed by atoms with Crippen molar-refractivity contribution in [3.63, 3.8) is 0 Å². The lowest BCUT2D eigenvalue weighted by Crippen LogP contribution is -2.48. The van der Waals surface area contributed by atoms with Gasteiger partial charge in [0.05, 0.1) is 6.54 Å². The third-order valence-electron chi connectivity index (χ3n) is 3.61. The van der Waals surface area contributed by atoms with Gasteiger partial charge in [0.25, 0.3) is 0 Å². The molecular formula is C14H21N3S. The summed E-state index contributed by atoms with van der Waals surface area (Å²) in [5.41, 5.74) is 2.68. The van der Waals surface area contributed by atoms with Crippen molar-refractivity contribution in [2.45, 2.75) is 45.7 Å². The summed E-state index contributed by atoms with van der Waals surface area (Å²) in [4.78, 5) is 8.81. The topological polar surface area (TPSA) is 37.3 Å². The maximum Gasteiger partial charge on any atom is 0.157 e. The van der Waals surface area contributed by atoms with E-state index in [1.54, 1.807) is 0 Å². The molecule has 1 aromatic heterocycles. The van der Waals surface area contributed by atoms with Crippen molar-refractivity contribution in [3.05, 3.63) is 29.6 Å². The summed E-state index contributed by atoms with van der Waals surface area (Å²) in [5.74, 6) is 1.16. The van der Waals surface area contributed by atoms with Gasteiger partial charge in [0, 0.05) is 23.7 Å². The maximum atomic E-state index is 4.70. The summed E-state index contributed by atoms with van der Waals surface area (Å²) in [5, 5.41) is 4.65. The zero-order valence-electron chi connectivity index (χ0n) is 11.4. The van der Waals surface area contributed by atoms with Gasteiger partial charge in [-0.25, -0.2) is 0 Å². The first-order chi connectivity index (χ1) is 8.63. The van der Waals surface area contributed by atoms with Crippen LogP contribution in [0.2, 0.25) is 0 Å². The predicted molar refractivity (Wildman–Crippen MR) is 79.0 cm³/mol. The van der Waals surface area contributed by atoms with Crippen LogP contribution in [0, 0.1) is 6.92 Å². The van der Waals surface area contributed by atoms with Gasteiger partial charge in [-0.3, -0.25) is 9.98 Å². The lowest BCUT2D eigenvalue weighted by atomic mass is 9.96. The van der Waals surface area contributed by atoms with Crippen LogP contribution in [0.4, 0.5) is 0 Å². The van der Waals surface area contributed by atoms with Gasteiger partial charge in [0.1, 0.15) is 0 Å². The smallest absolute Gasteiger partial charge is 0.157 e. The number of rotatable bonds is 3. The molecule has 1 N–H and O–H groups in total. The van der Waals surface area contributed by atoms with Crippen molar-refractivity contribution < 1.29 is 0 Å². The van der Waals surface area contributed by atoms with Crippen LogP contribution in [0.5, 0.6) is 0 Å². The lowest BCUT2D eigenvalue weighted by molar-refractivity contribution is 0.390. The molecule has 0 saturated carbocycles. The second-order valence-electron chi connectivity index (χ2n) is 5.06. The van der Waals surface area contributed by atoms with Crippen molar-refractivity contribution in [2.75, 3.05) is 5.75 Å². The van der Waals surface area contributed by atoms with E-state index in [-0.39, 0.29) is 5.54 Å². The number of aromatic nitrogens is 1. The molecule has 1 aliphatic rings. The molecule has 1 saturated heterocycles. The van der Waals surface area contributed by atoms with E-state index >= 15 is 0 Å². The van der Waals surface area contributed by atoms with Crippen molar-refractivity contribution in [1.29, 1.82) is 0 Å². The number of hydrogen-bond donors (Lipinski definition) is 1. The molecule has 0 bridgehead atoms. The number of amidine groups is 1. The van der Waals surface area contributed by atoms with E-state index in [0.29, 0.717) is 0 Å². The van der Waals surface area contributed by atoms with Gasteiger partial charge in [-0.05, 0) is 43.9 Å². The van der Waals surface area contributed by atoms with Gasteiger partial charge < -0.3 is 5.32 Å². The average Bonchev–Trinajstić information content (AvgIpc) is 2.38. The normalized spacial score (nSPS) is 26.1. The first kappa shape index (κ1) is 13.4. The molecule has 0 aliphatic carbocycles. The van der Waals surface area contributed by atoms with Crippen LogP contribution in [-0.2, 0) is 6.54 Å². The Bertz CT molecular complexity index is 444. The highest BCUT2D eigenvalue weighted by Gasteiger charge is 2.27. The molecule has 0 aromatic carbocycles. The monoisotopic (exact) mass is 263 g/mol. The van der Waals surface area contributed by atoms with Crippen LogP contribution in [0.25, 0.3) is 0 Å². The maximum absolute atomic E-state index is 4.70. The predicted octanol–water partition coefficient (Wildman–Crippen LogP) is 3.14. The molecule has 3 nitrogen and oxygen atoms in total. The Balaban J connectivity index is 2.04. The number of aryl methyl sites for hydroxylation is 1. The standard InChI is InChI=1S/C14H21N3S/c1-4-14(3)6-8-18-13(17-14)16-10-12-5-7-15-9-11(12)2/h5,7,9H,4,6,8,10H2,1-3H3,(H,16,17). The zero-order chi connectivity index (χ0) is 13.0. The van der Waals surface area contributed by atoms with E-state index in [1.807, 2.05) is 30.2 Å². The Morgan fingerprint density at radius 2 is 2.39 bits per heavy atom. The summed E-state index contributed by atoms with van der Waals surface area (Å²) in [7, 11) is 0. The molecule has 0 radical (unpaired) electrons. The molecule has 1 aliphatic heterocycles. The second-order valence-corrected chi connectivity index (χ2v) is 6.14. The van der Waals surface area contributed by atoms with Gasteiger partial charge in [0.2, 0.25) is 0 Å². The fourth-order valence-electron chi connectivity index (χ4n) is 1.92. The fraction of sp³-hybridized carbons (Fsp3) is 0.571. The number of nitrogens with zero attached hydrogens (tertiary/aromatic N) is 2. The first-order valence-corrected chi connectivity index (χ1v) is 7.46. The number of hydrogen-bond acceptors (Lipinski definition) is 3. The Labute approximate surface area is 113 Å². The van der Waals surface area contributed by atoms with Crippen molar-refractivity contribution in [3.8, 4) is 0 Å². The Hall–Kier alpha value is -1.03. The molecule has 18 heavy (non-hydrogen) atoms.